The molecule has 116 valence electrons. The fourth-order valence-electron chi connectivity index (χ4n) is 2.49. The minimum atomic E-state index is -4.14. The highest BCUT2D eigenvalue weighted by atomic mass is 19.4. The van der Waals surface area contributed by atoms with Gasteiger partial charge in [-0.2, -0.15) is 18.4 Å². The van der Waals surface area contributed by atoms with Crippen LogP contribution in [0.3, 0.4) is 0 Å². The second-order valence-corrected chi connectivity index (χ2v) is 6.16. The number of nitrogens with one attached hydrogen (secondary N) is 1. The van der Waals surface area contributed by atoms with Crippen LogP contribution in [-0.4, -0.2) is 41.8 Å². The number of hydrogen-bond acceptors (Lipinski definition) is 3. The lowest BCUT2D eigenvalue weighted by atomic mass is 9.96. The summed E-state index contributed by atoms with van der Waals surface area (Å²) in [4.78, 5) is 1.51. The molecular formula is C14H24F3N3. The Morgan fingerprint density at radius 2 is 1.95 bits per heavy atom. The van der Waals surface area contributed by atoms with E-state index in [1.165, 1.54) is 4.90 Å². The van der Waals surface area contributed by atoms with E-state index in [4.69, 9.17) is 0 Å². The lowest BCUT2D eigenvalue weighted by Crippen LogP contribution is -2.45. The minimum Gasteiger partial charge on any atom is -0.297 e. The molecule has 0 saturated heterocycles. The second kappa shape index (κ2) is 6.77. The van der Waals surface area contributed by atoms with E-state index in [0.717, 1.165) is 12.8 Å². The van der Waals surface area contributed by atoms with Crippen LogP contribution in [0, 0.1) is 11.3 Å². The highest BCUT2D eigenvalue weighted by molar-refractivity contribution is 5.04. The molecule has 0 aromatic rings. The average molecular weight is 291 g/mol. The SMILES string of the molecule is CC(C)NC(C)(C#N)CCCN(CC(F)(F)F)C1CC1. The van der Waals surface area contributed by atoms with Gasteiger partial charge in [-0.25, -0.2) is 0 Å². The van der Waals surface area contributed by atoms with E-state index in [1.807, 2.05) is 13.8 Å². The largest absolute Gasteiger partial charge is 0.401 e. The molecule has 1 saturated carbocycles. The van der Waals surface area contributed by atoms with Crippen LogP contribution in [0.1, 0.15) is 46.5 Å². The number of nitriles is 1. The maximum Gasteiger partial charge on any atom is 0.401 e. The van der Waals surface area contributed by atoms with Gasteiger partial charge in [0.05, 0.1) is 12.6 Å². The third kappa shape index (κ3) is 6.58. The first kappa shape index (κ1) is 17.3. The van der Waals surface area contributed by atoms with E-state index in [1.54, 1.807) is 6.92 Å². The van der Waals surface area contributed by atoms with E-state index in [0.29, 0.717) is 19.4 Å². The Hall–Kier alpha value is -0.800. The fourth-order valence-corrected chi connectivity index (χ4v) is 2.49. The Labute approximate surface area is 119 Å². The highest BCUT2D eigenvalue weighted by Gasteiger charge is 2.38. The summed E-state index contributed by atoms with van der Waals surface area (Å²) in [5.41, 5.74) is -0.665. The summed E-state index contributed by atoms with van der Waals surface area (Å²) < 4.78 is 37.5. The van der Waals surface area contributed by atoms with Crippen LogP contribution in [0.25, 0.3) is 0 Å². The summed E-state index contributed by atoms with van der Waals surface area (Å²) >= 11 is 0. The Morgan fingerprint density at radius 1 is 1.35 bits per heavy atom. The molecule has 1 unspecified atom stereocenters. The maximum absolute atomic E-state index is 12.5. The molecule has 0 aliphatic heterocycles. The van der Waals surface area contributed by atoms with Crippen LogP contribution >= 0.6 is 0 Å². The Morgan fingerprint density at radius 3 is 2.35 bits per heavy atom. The molecule has 0 amide bonds. The quantitative estimate of drug-likeness (QED) is 0.747. The van der Waals surface area contributed by atoms with Gasteiger partial charge in [0.25, 0.3) is 0 Å². The summed E-state index contributed by atoms with van der Waals surface area (Å²) in [5, 5.41) is 12.4. The number of hydrogen-bond donors (Lipinski definition) is 1. The summed E-state index contributed by atoms with van der Waals surface area (Å²) in [6.45, 7) is 5.28. The first-order chi connectivity index (χ1) is 9.15. The monoisotopic (exact) mass is 291 g/mol. The number of halogens is 3. The molecule has 0 bridgehead atoms. The molecule has 0 radical (unpaired) electrons. The maximum atomic E-state index is 12.5. The van der Waals surface area contributed by atoms with Crippen molar-refractivity contribution in [3.05, 3.63) is 0 Å². The van der Waals surface area contributed by atoms with Gasteiger partial charge >= 0.3 is 6.18 Å². The van der Waals surface area contributed by atoms with Crippen LogP contribution in [0.15, 0.2) is 0 Å². The topological polar surface area (TPSA) is 39.1 Å². The van der Waals surface area contributed by atoms with Crippen molar-refractivity contribution in [3.8, 4) is 6.07 Å². The van der Waals surface area contributed by atoms with Gasteiger partial charge in [-0.15, -0.1) is 0 Å². The second-order valence-electron chi connectivity index (χ2n) is 6.16. The molecule has 1 aliphatic rings. The molecular weight excluding hydrogens is 267 g/mol. The fraction of sp³-hybridized carbons (Fsp3) is 0.929. The molecule has 0 spiro atoms. The number of rotatable bonds is 8. The summed E-state index contributed by atoms with van der Waals surface area (Å²) in [6, 6.07) is 2.49. The molecule has 0 heterocycles. The summed E-state index contributed by atoms with van der Waals surface area (Å²) in [6.07, 6.45) is -1.28. The minimum absolute atomic E-state index is 0.0861. The normalized spacial score (nSPS) is 19.1. The first-order valence-electron chi connectivity index (χ1n) is 7.15. The Kier molecular flexibility index (Phi) is 5.84. The average Bonchev–Trinajstić information content (AvgIpc) is 3.08. The van der Waals surface area contributed by atoms with Crippen molar-refractivity contribution in [1.82, 2.24) is 10.2 Å². The molecule has 1 aliphatic carbocycles. The van der Waals surface area contributed by atoms with Crippen molar-refractivity contribution in [2.75, 3.05) is 13.1 Å². The summed E-state index contributed by atoms with van der Waals surface area (Å²) in [5.74, 6) is 0. The van der Waals surface area contributed by atoms with E-state index < -0.39 is 18.3 Å². The van der Waals surface area contributed by atoms with Crippen molar-refractivity contribution in [2.24, 2.45) is 0 Å². The van der Waals surface area contributed by atoms with Crippen molar-refractivity contribution in [3.63, 3.8) is 0 Å². The molecule has 20 heavy (non-hydrogen) atoms. The molecule has 1 atom stereocenters. The van der Waals surface area contributed by atoms with Crippen LogP contribution in [0.5, 0.6) is 0 Å². The van der Waals surface area contributed by atoms with Gasteiger partial charge in [-0.05, 0) is 53.0 Å². The lowest BCUT2D eigenvalue weighted by Gasteiger charge is -2.28. The zero-order chi connectivity index (χ0) is 15.4. The van der Waals surface area contributed by atoms with Gasteiger partial charge in [-0.3, -0.25) is 10.2 Å². The van der Waals surface area contributed by atoms with Crippen molar-refractivity contribution < 1.29 is 13.2 Å². The predicted octanol–water partition coefficient (Wildman–Crippen LogP) is 3.07. The molecule has 1 N–H and O–H groups in total. The van der Waals surface area contributed by atoms with Crippen molar-refractivity contribution in [2.45, 2.75) is 70.3 Å². The zero-order valence-electron chi connectivity index (χ0n) is 12.4. The predicted molar refractivity (Wildman–Crippen MR) is 72.2 cm³/mol. The number of alkyl halides is 3. The van der Waals surface area contributed by atoms with E-state index in [9.17, 15) is 18.4 Å². The Balaban J connectivity index is 2.42. The molecule has 1 fully saturated rings. The third-order valence-electron chi connectivity index (χ3n) is 3.42. The molecule has 3 nitrogen and oxygen atoms in total. The van der Waals surface area contributed by atoms with Crippen LogP contribution in [0.4, 0.5) is 13.2 Å². The zero-order valence-corrected chi connectivity index (χ0v) is 12.4. The van der Waals surface area contributed by atoms with E-state index >= 15 is 0 Å². The first-order valence-corrected chi connectivity index (χ1v) is 7.15. The standard InChI is InChI=1S/C14H24F3N3/c1-11(2)19-13(3,9-18)7-4-8-20(12-5-6-12)10-14(15,16)17/h11-12,19H,4-8,10H2,1-3H3. The van der Waals surface area contributed by atoms with Gasteiger partial charge < -0.3 is 0 Å². The molecule has 1 rings (SSSR count). The lowest BCUT2D eigenvalue weighted by molar-refractivity contribution is -0.147. The van der Waals surface area contributed by atoms with Crippen molar-refractivity contribution in [1.29, 1.82) is 5.26 Å². The van der Waals surface area contributed by atoms with Gasteiger partial charge in [0, 0.05) is 12.1 Å². The highest BCUT2D eigenvalue weighted by Crippen LogP contribution is 2.30. The van der Waals surface area contributed by atoms with E-state index in [-0.39, 0.29) is 12.1 Å². The van der Waals surface area contributed by atoms with Gasteiger partial charge in [0.2, 0.25) is 0 Å². The molecule has 0 aromatic heterocycles. The van der Waals surface area contributed by atoms with Gasteiger partial charge in [-0.1, -0.05) is 0 Å². The number of nitrogens with zero attached hydrogens (tertiary/aromatic N) is 2. The molecule has 0 aromatic carbocycles. The summed E-state index contributed by atoms with van der Waals surface area (Å²) in [7, 11) is 0. The van der Waals surface area contributed by atoms with Crippen molar-refractivity contribution >= 4 is 0 Å². The van der Waals surface area contributed by atoms with Gasteiger partial charge in [0.15, 0.2) is 0 Å². The Bertz CT molecular complexity index is 345. The van der Waals surface area contributed by atoms with Crippen LogP contribution in [-0.2, 0) is 0 Å². The third-order valence-corrected chi connectivity index (χ3v) is 3.42. The molecule has 6 heteroatoms. The van der Waals surface area contributed by atoms with Crippen LogP contribution < -0.4 is 5.32 Å². The van der Waals surface area contributed by atoms with Crippen LogP contribution in [0.2, 0.25) is 0 Å². The smallest absolute Gasteiger partial charge is 0.297 e. The van der Waals surface area contributed by atoms with Gasteiger partial charge in [0.1, 0.15) is 5.54 Å². The van der Waals surface area contributed by atoms with E-state index in [2.05, 4.69) is 11.4 Å².